The third kappa shape index (κ3) is 2.27. The number of hydrogen-bond acceptors (Lipinski definition) is 6. The molecule has 0 unspecified atom stereocenters. The lowest BCUT2D eigenvalue weighted by Crippen LogP contribution is -2.59. The Morgan fingerprint density at radius 2 is 2.33 bits per heavy atom. The number of ether oxygens (including phenoxy) is 2. The third-order valence-electron chi connectivity index (χ3n) is 3.44. The van der Waals surface area contributed by atoms with Gasteiger partial charge in [-0.2, -0.15) is 0 Å². The Morgan fingerprint density at radius 1 is 1.52 bits per heavy atom. The molecule has 0 radical (unpaired) electrons. The highest BCUT2D eigenvalue weighted by Gasteiger charge is 2.37. The van der Waals surface area contributed by atoms with Crippen LogP contribution < -0.4 is 15.6 Å². The fourth-order valence-electron chi connectivity index (χ4n) is 2.36. The Balaban J connectivity index is 2.06. The molecule has 0 aromatic carbocycles. The van der Waals surface area contributed by atoms with Gasteiger partial charge >= 0.3 is 5.97 Å². The summed E-state index contributed by atoms with van der Waals surface area (Å²) < 4.78 is 11.8. The molecular formula is C13H15N3O5. The zero-order valence-corrected chi connectivity index (χ0v) is 11.5. The van der Waals surface area contributed by atoms with Crippen molar-refractivity contribution >= 4 is 11.9 Å². The predicted octanol–water partition coefficient (Wildman–Crippen LogP) is -0.481. The molecule has 0 spiro atoms. The Labute approximate surface area is 120 Å². The van der Waals surface area contributed by atoms with Gasteiger partial charge in [-0.25, -0.2) is 0 Å². The number of rotatable bonds is 2. The summed E-state index contributed by atoms with van der Waals surface area (Å²) in [6, 6.07) is 1.25. The largest absolute Gasteiger partial charge is 0.420 e. The van der Waals surface area contributed by atoms with E-state index in [4.69, 9.17) is 9.47 Å². The van der Waals surface area contributed by atoms with Crippen LogP contribution in [-0.2, 0) is 9.53 Å². The maximum atomic E-state index is 12.6. The summed E-state index contributed by atoms with van der Waals surface area (Å²) in [6.07, 6.45) is 1.27. The molecule has 1 saturated heterocycles. The standard InChI is InChI=1S/C13H15N3O5/c1-2-10(18)21-12-8(17)3-4-16-11(12)13(19)15-5-6-20-7-9(15)14-16/h3-4,9,14H,2,5-7H2,1H3/t9-/m0/s1. The molecule has 0 aliphatic carbocycles. The number of fused-ring (bicyclic) bond motifs is 2. The molecule has 0 bridgehead atoms. The molecule has 0 saturated carbocycles. The van der Waals surface area contributed by atoms with E-state index in [2.05, 4.69) is 5.43 Å². The number of aromatic nitrogens is 1. The molecule has 1 amide bonds. The van der Waals surface area contributed by atoms with Crippen LogP contribution >= 0.6 is 0 Å². The minimum atomic E-state index is -0.557. The van der Waals surface area contributed by atoms with Gasteiger partial charge in [-0.1, -0.05) is 6.92 Å². The average Bonchev–Trinajstić information content (AvgIpc) is 2.50. The maximum Gasteiger partial charge on any atom is 0.311 e. The summed E-state index contributed by atoms with van der Waals surface area (Å²) in [5, 5.41) is 0. The predicted molar refractivity (Wildman–Crippen MR) is 71.6 cm³/mol. The summed E-state index contributed by atoms with van der Waals surface area (Å²) >= 11 is 0. The van der Waals surface area contributed by atoms with Crippen molar-refractivity contribution in [1.82, 2.24) is 9.58 Å². The van der Waals surface area contributed by atoms with Crippen LogP contribution in [0.4, 0.5) is 0 Å². The van der Waals surface area contributed by atoms with Crippen LogP contribution in [0.15, 0.2) is 17.1 Å². The summed E-state index contributed by atoms with van der Waals surface area (Å²) in [5.41, 5.74) is 2.60. The fourth-order valence-corrected chi connectivity index (χ4v) is 2.36. The number of pyridine rings is 1. The van der Waals surface area contributed by atoms with Crippen molar-refractivity contribution in [2.75, 3.05) is 25.2 Å². The van der Waals surface area contributed by atoms with Gasteiger partial charge in [0.1, 0.15) is 6.17 Å². The Kier molecular flexibility index (Phi) is 3.38. The smallest absolute Gasteiger partial charge is 0.311 e. The van der Waals surface area contributed by atoms with E-state index in [1.165, 1.54) is 16.9 Å². The maximum absolute atomic E-state index is 12.6. The van der Waals surface area contributed by atoms with E-state index in [1.54, 1.807) is 11.8 Å². The van der Waals surface area contributed by atoms with Crippen LogP contribution in [0.25, 0.3) is 0 Å². The molecule has 1 atom stereocenters. The topological polar surface area (TPSA) is 89.9 Å². The molecular weight excluding hydrogens is 278 g/mol. The van der Waals surface area contributed by atoms with E-state index in [0.29, 0.717) is 19.8 Å². The second kappa shape index (κ2) is 5.21. The fraction of sp³-hybridized carbons (Fsp3) is 0.462. The zero-order chi connectivity index (χ0) is 15.0. The van der Waals surface area contributed by atoms with Crippen LogP contribution in [0.2, 0.25) is 0 Å². The molecule has 1 aromatic rings. The second-order valence-electron chi connectivity index (χ2n) is 4.77. The number of carbonyl (C=O) groups excluding carboxylic acids is 2. The monoisotopic (exact) mass is 293 g/mol. The lowest BCUT2D eigenvalue weighted by molar-refractivity contribution is -0.134. The number of amides is 1. The van der Waals surface area contributed by atoms with E-state index in [-0.39, 0.29) is 29.9 Å². The first-order valence-corrected chi connectivity index (χ1v) is 6.73. The van der Waals surface area contributed by atoms with Gasteiger partial charge in [0, 0.05) is 25.2 Å². The van der Waals surface area contributed by atoms with Crippen LogP contribution in [0.5, 0.6) is 5.75 Å². The van der Waals surface area contributed by atoms with Crippen molar-refractivity contribution in [3.05, 3.63) is 28.2 Å². The van der Waals surface area contributed by atoms with Crippen molar-refractivity contribution in [2.24, 2.45) is 0 Å². The molecule has 2 aliphatic rings. The van der Waals surface area contributed by atoms with Gasteiger partial charge in [0.05, 0.1) is 13.2 Å². The van der Waals surface area contributed by atoms with Crippen molar-refractivity contribution in [2.45, 2.75) is 19.5 Å². The minimum absolute atomic E-state index is 0.0439. The van der Waals surface area contributed by atoms with E-state index < -0.39 is 11.4 Å². The van der Waals surface area contributed by atoms with Gasteiger partial charge in [-0.3, -0.25) is 19.1 Å². The molecule has 1 fully saturated rings. The number of morpholine rings is 1. The molecule has 21 heavy (non-hydrogen) atoms. The van der Waals surface area contributed by atoms with E-state index >= 15 is 0 Å². The summed E-state index contributed by atoms with van der Waals surface area (Å²) in [5.74, 6) is -1.14. The van der Waals surface area contributed by atoms with Crippen LogP contribution in [0.1, 0.15) is 23.8 Å². The summed E-state index contributed by atoms with van der Waals surface area (Å²) in [4.78, 5) is 37.6. The lowest BCUT2D eigenvalue weighted by Gasteiger charge is -2.41. The quantitative estimate of drug-likeness (QED) is 0.741. The first-order valence-electron chi connectivity index (χ1n) is 6.73. The highest BCUT2D eigenvalue weighted by atomic mass is 16.5. The number of esters is 1. The van der Waals surface area contributed by atoms with Gasteiger partial charge in [0.15, 0.2) is 5.69 Å². The van der Waals surface area contributed by atoms with Crippen molar-refractivity contribution in [1.29, 1.82) is 0 Å². The highest BCUT2D eigenvalue weighted by molar-refractivity contribution is 5.97. The number of hydrogen-bond donors (Lipinski definition) is 1. The van der Waals surface area contributed by atoms with Gasteiger partial charge < -0.3 is 19.8 Å². The minimum Gasteiger partial charge on any atom is -0.420 e. The summed E-state index contributed by atoms with van der Waals surface area (Å²) in [6.45, 7) is 2.83. The molecule has 3 rings (SSSR count). The number of carbonyl (C=O) groups is 2. The number of nitrogens with zero attached hydrogens (tertiary/aromatic N) is 2. The molecule has 3 heterocycles. The molecule has 112 valence electrons. The summed E-state index contributed by atoms with van der Waals surface area (Å²) in [7, 11) is 0. The Hall–Kier alpha value is -2.35. The Bertz CT molecular complexity index is 654. The number of nitrogens with one attached hydrogen (secondary N) is 1. The van der Waals surface area contributed by atoms with Gasteiger partial charge in [-0.15, -0.1) is 0 Å². The third-order valence-corrected chi connectivity index (χ3v) is 3.44. The van der Waals surface area contributed by atoms with E-state index in [1.807, 2.05) is 0 Å². The van der Waals surface area contributed by atoms with Gasteiger partial charge in [0.25, 0.3) is 5.91 Å². The van der Waals surface area contributed by atoms with Gasteiger partial charge in [0.2, 0.25) is 11.2 Å². The average molecular weight is 293 g/mol. The second-order valence-corrected chi connectivity index (χ2v) is 4.77. The van der Waals surface area contributed by atoms with Crippen molar-refractivity contribution < 1.29 is 19.1 Å². The lowest BCUT2D eigenvalue weighted by atomic mass is 10.2. The SMILES string of the molecule is CCC(=O)Oc1c2n(ccc1=O)N[C@@H]1COCCN1C2=O. The molecule has 1 N–H and O–H groups in total. The van der Waals surface area contributed by atoms with Gasteiger partial charge in [-0.05, 0) is 0 Å². The Morgan fingerprint density at radius 3 is 3.10 bits per heavy atom. The molecule has 1 aromatic heterocycles. The van der Waals surface area contributed by atoms with Crippen molar-refractivity contribution in [3.63, 3.8) is 0 Å². The highest BCUT2D eigenvalue weighted by Crippen LogP contribution is 2.22. The van der Waals surface area contributed by atoms with Crippen LogP contribution in [-0.4, -0.2) is 47.4 Å². The first kappa shape index (κ1) is 13.6. The molecule has 8 heteroatoms. The molecule has 8 nitrogen and oxygen atoms in total. The van der Waals surface area contributed by atoms with E-state index in [9.17, 15) is 14.4 Å². The first-order chi connectivity index (χ1) is 10.1. The zero-order valence-electron chi connectivity index (χ0n) is 11.5. The van der Waals surface area contributed by atoms with Crippen LogP contribution in [0.3, 0.4) is 0 Å². The van der Waals surface area contributed by atoms with Crippen molar-refractivity contribution in [3.8, 4) is 5.75 Å². The molecule has 2 aliphatic heterocycles. The van der Waals surface area contributed by atoms with E-state index in [0.717, 1.165) is 0 Å². The normalized spacial score (nSPS) is 20.3. The van der Waals surface area contributed by atoms with Crippen LogP contribution in [0, 0.1) is 0 Å².